The number of likely N-dealkylation sites (tertiary alicyclic amines) is 1. The van der Waals surface area contributed by atoms with Crippen molar-refractivity contribution >= 4 is 17.7 Å². The van der Waals surface area contributed by atoms with E-state index in [-0.39, 0.29) is 5.91 Å². The van der Waals surface area contributed by atoms with E-state index >= 15 is 0 Å². The number of amides is 1. The van der Waals surface area contributed by atoms with Gasteiger partial charge in [-0.25, -0.2) is 0 Å². The van der Waals surface area contributed by atoms with E-state index in [0.29, 0.717) is 6.10 Å². The van der Waals surface area contributed by atoms with Gasteiger partial charge in [0, 0.05) is 49.0 Å². The summed E-state index contributed by atoms with van der Waals surface area (Å²) in [6.07, 6.45) is 6.73. The van der Waals surface area contributed by atoms with Crippen molar-refractivity contribution in [1.82, 2.24) is 9.80 Å². The van der Waals surface area contributed by atoms with Crippen LogP contribution in [0.15, 0.2) is 24.3 Å². The maximum absolute atomic E-state index is 12.5. The van der Waals surface area contributed by atoms with E-state index in [1.54, 1.807) is 0 Å². The molecule has 4 rings (SSSR count). The molecule has 1 aliphatic carbocycles. The summed E-state index contributed by atoms with van der Waals surface area (Å²) < 4.78 is 6.10. The molecule has 3 fully saturated rings. The second-order valence-electron chi connectivity index (χ2n) is 7.39. The molecule has 2 heterocycles. The quantitative estimate of drug-likeness (QED) is 0.825. The Labute approximate surface area is 154 Å². The van der Waals surface area contributed by atoms with Crippen LogP contribution in [0.3, 0.4) is 0 Å². The van der Waals surface area contributed by atoms with Gasteiger partial charge in [0.2, 0.25) is 0 Å². The van der Waals surface area contributed by atoms with Crippen molar-refractivity contribution in [1.29, 1.82) is 0 Å². The van der Waals surface area contributed by atoms with Gasteiger partial charge in [-0.05, 0) is 50.2 Å². The highest BCUT2D eigenvalue weighted by Crippen LogP contribution is 2.31. The zero-order chi connectivity index (χ0) is 17.1. The first-order chi connectivity index (χ1) is 12.3. The Balaban J connectivity index is 1.26. The number of ether oxygens (including phenoxy) is 1. The number of carbonyl (C=O) groups is 1. The number of hydrogen-bond donors (Lipinski definition) is 0. The van der Waals surface area contributed by atoms with Crippen molar-refractivity contribution < 1.29 is 9.53 Å². The molecule has 1 amide bonds. The third kappa shape index (κ3) is 4.14. The number of hydrogen-bond acceptors (Lipinski definition) is 4. The minimum absolute atomic E-state index is 0.153. The summed E-state index contributed by atoms with van der Waals surface area (Å²) in [6.45, 7) is 4.26. The topological polar surface area (TPSA) is 32.8 Å². The second-order valence-corrected chi connectivity index (χ2v) is 8.62. The molecule has 0 spiro atoms. The first-order valence-corrected chi connectivity index (χ1v) is 10.8. The molecule has 5 heteroatoms. The van der Waals surface area contributed by atoms with Gasteiger partial charge < -0.3 is 14.5 Å². The summed E-state index contributed by atoms with van der Waals surface area (Å²) in [5.74, 6) is 3.15. The lowest BCUT2D eigenvalue weighted by molar-refractivity contribution is 0.00892. The molecule has 2 aliphatic heterocycles. The molecule has 25 heavy (non-hydrogen) atoms. The normalized spacial score (nSPS) is 27.6. The van der Waals surface area contributed by atoms with Crippen LogP contribution in [-0.4, -0.2) is 65.5 Å². The molecule has 0 bridgehead atoms. The molecule has 4 nitrogen and oxygen atoms in total. The lowest BCUT2D eigenvalue weighted by Gasteiger charge is -2.44. The Kier molecular flexibility index (Phi) is 5.51. The number of carbonyl (C=O) groups excluding carboxylic acids is 1. The van der Waals surface area contributed by atoms with Gasteiger partial charge >= 0.3 is 0 Å². The van der Waals surface area contributed by atoms with E-state index in [9.17, 15) is 4.79 Å². The first kappa shape index (κ1) is 17.2. The third-order valence-corrected chi connectivity index (χ3v) is 6.62. The van der Waals surface area contributed by atoms with Crippen LogP contribution in [0.5, 0.6) is 5.75 Å². The van der Waals surface area contributed by atoms with E-state index in [1.807, 2.05) is 40.9 Å². The second kappa shape index (κ2) is 8.00. The van der Waals surface area contributed by atoms with Crippen LogP contribution in [0.1, 0.15) is 42.5 Å². The lowest BCUT2D eigenvalue weighted by atomic mass is 9.86. The van der Waals surface area contributed by atoms with E-state index in [1.165, 1.54) is 32.4 Å². The summed E-state index contributed by atoms with van der Waals surface area (Å²) >= 11 is 1.92. The molecule has 3 aliphatic rings. The molecule has 0 unspecified atom stereocenters. The molecular weight excluding hydrogens is 332 g/mol. The summed E-state index contributed by atoms with van der Waals surface area (Å²) in [5, 5.41) is 0. The SMILES string of the molecule is O=C(c1ccc(O[C@H]2C[C@H](N3CCCCC3)C2)cc1)N1CCSCC1. The minimum atomic E-state index is 0.153. The Hall–Kier alpha value is -1.20. The van der Waals surface area contributed by atoms with Gasteiger partial charge in [-0.2, -0.15) is 11.8 Å². The molecule has 2 saturated heterocycles. The van der Waals surface area contributed by atoms with Gasteiger partial charge in [0.05, 0.1) is 0 Å². The first-order valence-electron chi connectivity index (χ1n) is 9.67. The smallest absolute Gasteiger partial charge is 0.253 e. The highest BCUT2D eigenvalue weighted by atomic mass is 32.2. The van der Waals surface area contributed by atoms with E-state index in [4.69, 9.17) is 4.74 Å². The minimum Gasteiger partial charge on any atom is -0.490 e. The van der Waals surface area contributed by atoms with Gasteiger partial charge in [-0.15, -0.1) is 0 Å². The van der Waals surface area contributed by atoms with E-state index < -0.39 is 0 Å². The van der Waals surface area contributed by atoms with Gasteiger partial charge in [0.15, 0.2) is 0 Å². The van der Waals surface area contributed by atoms with Crippen LogP contribution in [0.25, 0.3) is 0 Å². The number of thioether (sulfide) groups is 1. The number of nitrogens with zero attached hydrogens (tertiary/aromatic N) is 2. The number of benzene rings is 1. The van der Waals surface area contributed by atoms with Gasteiger partial charge in [0.25, 0.3) is 5.91 Å². The Bertz CT molecular complexity index is 574. The van der Waals surface area contributed by atoms with Crippen LogP contribution in [0.4, 0.5) is 0 Å². The maximum atomic E-state index is 12.5. The molecule has 0 N–H and O–H groups in total. The van der Waals surface area contributed by atoms with Crippen molar-refractivity contribution in [2.45, 2.75) is 44.2 Å². The van der Waals surface area contributed by atoms with Crippen LogP contribution in [0, 0.1) is 0 Å². The number of piperidine rings is 1. The highest BCUT2D eigenvalue weighted by molar-refractivity contribution is 7.99. The molecule has 136 valence electrons. The fraction of sp³-hybridized carbons (Fsp3) is 0.650. The average Bonchev–Trinajstić information content (AvgIpc) is 2.66. The molecule has 0 radical (unpaired) electrons. The summed E-state index contributed by atoms with van der Waals surface area (Å²) in [4.78, 5) is 17.1. The van der Waals surface area contributed by atoms with Crippen LogP contribution < -0.4 is 4.74 Å². The van der Waals surface area contributed by atoms with Crippen LogP contribution >= 0.6 is 11.8 Å². The van der Waals surface area contributed by atoms with E-state index in [2.05, 4.69) is 4.90 Å². The molecular formula is C20H28N2O2S. The molecule has 1 aromatic carbocycles. The van der Waals surface area contributed by atoms with Crippen molar-refractivity contribution in [3.63, 3.8) is 0 Å². The predicted molar refractivity (Wildman–Crippen MR) is 103 cm³/mol. The molecule has 1 aromatic rings. The molecule has 1 saturated carbocycles. The monoisotopic (exact) mass is 360 g/mol. The predicted octanol–water partition coefficient (Wildman–Crippen LogP) is 3.27. The summed E-state index contributed by atoms with van der Waals surface area (Å²) in [5.41, 5.74) is 0.777. The fourth-order valence-corrected chi connectivity index (χ4v) is 4.94. The van der Waals surface area contributed by atoms with Gasteiger partial charge in [0.1, 0.15) is 11.9 Å². The largest absolute Gasteiger partial charge is 0.490 e. The molecule has 0 atom stereocenters. The summed E-state index contributed by atoms with van der Waals surface area (Å²) in [6, 6.07) is 8.48. The third-order valence-electron chi connectivity index (χ3n) is 5.68. The lowest BCUT2D eigenvalue weighted by Crippen LogP contribution is -2.50. The summed E-state index contributed by atoms with van der Waals surface area (Å²) in [7, 11) is 0. The van der Waals surface area contributed by atoms with Crippen molar-refractivity contribution in [2.24, 2.45) is 0 Å². The Morgan fingerprint density at radius 2 is 1.64 bits per heavy atom. The zero-order valence-corrected chi connectivity index (χ0v) is 15.7. The van der Waals surface area contributed by atoms with Gasteiger partial charge in [-0.3, -0.25) is 4.79 Å². The van der Waals surface area contributed by atoms with Crippen molar-refractivity contribution in [3.8, 4) is 5.75 Å². The average molecular weight is 361 g/mol. The zero-order valence-electron chi connectivity index (χ0n) is 14.9. The Morgan fingerprint density at radius 3 is 2.32 bits per heavy atom. The molecule has 0 aromatic heterocycles. The van der Waals surface area contributed by atoms with Crippen molar-refractivity contribution in [3.05, 3.63) is 29.8 Å². The van der Waals surface area contributed by atoms with E-state index in [0.717, 1.165) is 54.8 Å². The number of rotatable bonds is 4. The standard InChI is InChI=1S/C20H28N2O2S/c23-20(22-10-12-25-13-11-22)16-4-6-18(7-5-16)24-19-14-17(15-19)21-8-2-1-3-9-21/h4-7,17,19H,1-3,8-15H2/t17-,19-. The van der Waals surface area contributed by atoms with Gasteiger partial charge in [-0.1, -0.05) is 6.42 Å². The maximum Gasteiger partial charge on any atom is 0.253 e. The van der Waals surface area contributed by atoms with Crippen molar-refractivity contribution in [2.75, 3.05) is 37.7 Å². The van der Waals surface area contributed by atoms with Crippen LogP contribution in [0.2, 0.25) is 0 Å². The Morgan fingerprint density at radius 1 is 0.960 bits per heavy atom. The fourth-order valence-electron chi connectivity index (χ4n) is 4.03. The highest BCUT2D eigenvalue weighted by Gasteiger charge is 2.35. The van der Waals surface area contributed by atoms with Crippen LogP contribution in [-0.2, 0) is 0 Å².